The molecule has 3 nitrogen and oxygen atoms in total. The second-order valence-electron chi connectivity index (χ2n) is 3.73. The summed E-state index contributed by atoms with van der Waals surface area (Å²) in [5, 5.41) is 10.3. The maximum absolute atomic E-state index is 13.1. The molecule has 2 N–H and O–H groups in total. The van der Waals surface area contributed by atoms with Gasteiger partial charge in [-0.25, -0.2) is 4.39 Å². The number of aromatic amines is 1. The standard InChI is InChI=1S/C12H13BrFN3/c1-15-6-5-10-11(13)12(17-16-10)8-3-2-4-9(14)7-8/h2-4,7,15H,5-6H2,1H3,(H,16,17). The molecular weight excluding hydrogens is 285 g/mol. The number of nitrogens with zero attached hydrogens (tertiary/aromatic N) is 1. The third kappa shape index (κ3) is 2.73. The van der Waals surface area contributed by atoms with Crippen molar-refractivity contribution >= 4 is 15.9 Å². The molecule has 0 amide bonds. The van der Waals surface area contributed by atoms with Crippen molar-refractivity contribution < 1.29 is 4.39 Å². The molecule has 0 saturated carbocycles. The summed E-state index contributed by atoms with van der Waals surface area (Å²) in [6, 6.07) is 6.42. The molecule has 0 atom stereocenters. The van der Waals surface area contributed by atoms with Gasteiger partial charge < -0.3 is 5.32 Å². The largest absolute Gasteiger partial charge is 0.319 e. The van der Waals surface area contributed by atoms with Crippen molar-refractivity contribution in [2.45, 2.75) is 6.42 Å². The minimum absolute atomic E-state index is 0.255. The summed E-state index contributed by atoms with van der Waals surface area (Å²) in [5.41, 5.74) is 2.53. The zero-order valence-corrected chi connectivity index (χ0v) is 11.0. The number of halogens is 2. The van der Waals surface area contributed by atoms with Crippen LogP contribution in [0.1, 0.15) is 5.69 Å². The average Bonchev–Trinajstić information content (AvgIpc) is 2.68. The van der Waals surface area contributed by atoms with Crippen molar-refractivity contribution in [2.75, 3.05) is 13.6 Å². The van der Waals surface area contributed by atoms with E-state index in [1.807, 2.05) is 13.1 Å². The van der Waals surface area contributed by atoms with E-state index >= 15 is 0 Å². The Morgan fingerprint density at radius 1 is 1.47 bits per heavy atom. The molecule has 5 heteroatoms. The fourth-order valence-corrected chi connectivity index (χ4v) is 2.21. The van der Waals surface area contributed by atoms with E-state index in [9.17, 15) is 4.39 Å². The number of hydrogen-bond donors (Lipinski definition) is 2. The van der Waals surface area contributed by atoms with Crippen LogP contribution in [0.25, 0.3) is 11.3 Å². The van der Waals surface area contributed by atoms with Gasteiger partial charge in [-0.3, -0.25) is 5.10 Å². The molecule has 0 saturated heterocycles. The fraction of sp³-hybridized carbons (Fsp3) is 0.250. The van der Waals surface area contributed by atoms with Crippen LogP contribution in [0.15, 0.2) is 28.7 Å². The lowest BCUT2D eigenvalue weighted by atomic mass is 10.1. The molecule has 1 heterocycles. The predicted molar refractivity (Wildman–Crippen MR) is 69.3 cm³/mol. The van der Waals surface area contributed by atoms with E-state index in [2.05, 4.69) is 31.4 Å². The van der Waals surface area contributed by atoms with Gasteiger partial charge in [-0.1, -0.05) is 12.1 Å². The van der Waals surface area contributed by atoms with Crippen LogP contribution in [-0.2, 0) is 6.42 Å². The number of H-pyrrole nitrogens is 1. The molecule has 0 unspecified atom stereocenters. The van der Waals surface area contributed by atoms with Crippen LogP contribution in [0, 0.1) is 5.82 Å². The Morgan fingerprint density at radius 3 is 3.00 bits per heavy atom. The SMILES string of the molecule is CNCCc1[nH]nc(-c2cccc(F)c2)c1Br. The van der Waals surface area contributed by atoms with E-state index < -0.39 is 0 Å². The van der Waals surface area contributed by atoms with Gasteiger partial charge in [-0.15, -0.1) is 0 Å². The molecule has 0 spiro atoms. The normalized spacial score (nSPS) is 10.8. The van der Waals surface area contributed by atoms with Crippen LogP contribution in [0.4, 0.5) is 4.39 Å². The maximum atomic E-state index is 13.1. The minimum Gasteiger partial charge on any atom is -0.319 e. The van der Waals surface area contributed by atoms with Crippen molar-refractivity contribution in [1.29, 1.82) is 0 Å². The zero-order chi connectivity index (χ0) is 12.3. The molecule has 0 aliphatic rings. The van der Waals surface area contributed by atoms with Crippen LogP contribution in [0.2, 0.25) is 0 Å². The maximum Gasteiger partial charge on any atom is 0.123 e. The van der Waals surface area contributed by atoms with Crippen molar-refractivity contribution in [3.63, 3.8) is 0 Å². The first-order valence-corrected chi connectivity index (χ1v) is 6.15. The number of hydrogen-bond acceptors (Lipinski definition) is 2. The highest BCUT2D eigenvalue weighted by Gasteiger charge is 2.12. The Kier molecular flexibility index (Phi) is 3.91. The lowest BCUT2D eigenvalue weighted by Gasteiger charge is -1.99. The van der Waals surface area contributed by atoms with Crippen molar-refractivity contribution in [1.82, 2.24) is 15.5 Å². The second-order valence-corrected chi connectivity index (χ2v) is 4.52. The summed E-state index contributed by atoms with van der Waals surface area (Å²) in [6.07, 6.45) is 0.847. The summed E-state index contributed by atoms with van der Waals surface area (Å²) >= 11 is 3.50. The van der Waals surface area contributed by atoms with Gasteiger partial charge in [0.05, 0.1) is 10.2 Å². The Labute approximate surface area is 108 Å². The Hall–Kier alpha value is -1.20. The third-order valence-electron chi connectivity index (χ3n) is 2.50. The quantitative estimate of drug-likeness (QED) is 0.911. The molecule has 2 aromatic rings. The van der Waals surface area contributed by atoms with E-state index in [4.69, 9.17) is 0 Å². The number of aromatic nitrogens is 2. The van der Waals surface area contributed by atoms with Crippen LogP contribution in [0.3, 0.4) is 0 Å². The molecule has 1 aromatic carbocycles. The Morgan fingerprint density at radius 2 is 2.29 bits per heavy atom. The summed E-state index contributed by atoms with van der Waals surface area (Å²) in [7, 11) is 1.90. The highest BCUT2D eigenvalue weighted by Crippen LogP contribution is 2.29. The van der Waals surface area contributed by atoms with Gasteiger partial charge in [0.15, 0.2) is 0 Å². The Balaban J connectivity index is 2.30. The van der Waals surface area contributed by atoms with Gasteiger partial charge >= 0.3 is 0 Å². The number of rotatable bonds is 4. The third-order valence-corrected chi connectivity index (χ3v) is 3.35. The lowest BCUT2D eigenvalue weighted by Crippen LogP contribution is -2.10. The topological polar surface area (TPSA) is 40.7 Å². The van der Waals surface area contributed by atoms with Gasteiger partial charge in [-0.05, 0) is 35.1 Å². The summed E-state index contributed by atoms with van der Waals surface area (Å²) in [5.74, 6) is -0.255. The molecule has 0 radical (unpaired) electrons. The predicted octanol–water partition coefficient (Wildman–Crippen LogP) is 2.74. The zero-order valence-electron chi connectivity index (χ0n) is 9.43. The molecule has 0 bridgehead atoms. The van der Waals surface area contributed by atoms with Gasteiger partial charge in [0.1, 0.15) is 11.5 Å². The first kappa shape index (κ1) is 12.3. The first-order valence-electron chi connectivity index (χ1n) is 5.35. The summed E-state index contributed by atoms with van der Waals surface area (Å²) in [4.78, 5) is 0. The van der Waals surface area contributed by atoms with Crippen LogP contribution < -0.4 is 5.32 Å². The van der Waals surface area contributed by atoms with E-state index in [1.54, 1.807) is 6.07 Å². The summed E-state index contributed by atoms with van der Waals surface area (Å²) < 4.78 is 14.0. The molecule has 90 valence electrons. The van der Waals surface area contributed by atoms with E-state index in [1.165, 1.54) is 12.1 Å². The Bertz CT molecular complexity index is 510. The number of nitrogens with one attached hydrogen (secondary N) is 2. The lowest BCUT2D eigenvalue weighted by molar-refractivity contribution is 0.628. The molecule has 17 heavy (non-hydrogen) atoms. The van der Waals surface area contributed by atoms with Crippen molar-refractivity contribution in [2.24, 2.45) is 0 Å². The molecule has 2 rings (SSSR count). The van der Waals surface area contributed by atoms with Gasteiger partial charge in [0.25, 0.3) is 0 Å². The van der Waals surface area contributed by atoms with Gasteiger partial charge in [0, 0.05) is 18.5 Å². The minimum atomic E-state index is -0.255. The van der Waals surface area contributed by atoms with E-state index in [-0.39, 0.29) is 5.82 Å². The fourth-order valence-electron chi connectivity index (χ4n) is 1.61. The monoisotopic (exact) mass is 297 g/mol. The highest BCUT2D eigenvalue weighted by molar-refractivity contribution is 9.10. The van der Waals surface area contributed by atoms with Crippen molar-refractivity contribution in [3.05, 3.63) is 40.2 Å². The molecule has 0 aliphatic carbocycles. The number of benzene rings is 1. The highest BCUT2D eigenvalue weighted by atomic mass is 79.9. The molecule has 1 aromatic heterocycles. The second kappa shape index (κ2) is 5.42. The smallest absolute Gasteiger partial charge is 0.123 e. The average molecular weight is 298 g/mol. The van der Waals surface area contributed by atoms with E-state index in [0.29, 0.717) is 0 Å². The van der Waals surface area contributed by atoms with Crippen LogP contribution in [0.5, 0.6) is 0 Å². The van der Waals surface area contributed by atoms with Gasteiger partial charge in [0.2, 0.25) is 0 Å². The van der Waals surface area contributed by atoms with E-state index in [0.717, 1.165) is 34.4 Å². The first-order chi connectivity index (χ1) is 8.22. The summed E-state index contributed by atoms with van der Waals surface area (Å²) in [6.45, 7) is 0.864. The molecule has 0 aliphatic heterocycles. The van der Waals surface area contributed by atoms with Crippen LogP contribution in [-0.4, -0.2) is 23.8 Å². The molecule has 0 fully saturated rings. The van der Waals surface area contributed by atoms with Crippen molar-refractivity contribution in [3.8, 4) is 11.3 Å². The number of likely N-dealkylation sites (N-methyl/N-ethyl adjacent to an activating group) is 1. The molecular formula is C12H13BrFN3. The van der Waals surface area contributed by atoms with Crippen LogP contribution >= 0.6 is 15.9 Å². The van der Waals surface area contributed by atoms with Gasteiger partial charge in [-0.2, -0.15) is 5.10 Å².